The SMILES string of the molecule is O=C(OCCBr)c1ccccc1.O=C(OCCn1c2ccccc2c2c(O)cccc21)c1ccccc1.O=C(OCCn1c2ccccc2c2c(OCC3CO3)cccc21)c1ccccc1.O=C(OCCn1c2ccccc2c2c(OCc3ccccc3)cccc21)c1ccccc1.O=[N+]([O-])c1cccc(S(=O)(=O)OCC2CO2)c1.c1ccc(COc2cccc3[nH]c4ccccc4c23)cc1. The molecule has 0 spiro atoms. The average molecular weight is 1900 g/mol. The number of phenolic OH excluding ortho intramolecular Hbond substituents is 1. The van der Waals surface area contributed by atoms with Gasteiger partial charge in [0.2, 0.25) is 0 Å². The highest BCUT2D eigenvalue weighted by Gasteiger charge is 2.29. The number of ether oxygens (including phenoxy) is 9. The van der Waals surface area contributed by atoms with Gasteiger partial charge in [-0.05, 0) is 139 Å². The van der Waals surface area contributed by atoms with E-state index in [2.05, 4.69) is 120 Å². The van der Waals surface area contributed by atoms with Crippen molar-refractivity contribution < 1.29 is 84.4 Å². The zero-order chi connectivity index (χ0) is 94.0. The highest BCUT2D eigenvalue weighted by molar-refractivity contribution is 9.09. The lowest BCUT2D eigenvalue weighted by Crippen LogP contribution is -2.11. The fraction of sp³-hybridized carbons (Fsp3) is 0.145. The second-order valence-electron chi connectivity index (χ2n) is 31.3. The van der Waals surface area contributed by atoms with Gasteiger partial charge < -0.3 is 66.4 Å². The Balaban J connectivity index is 0.000000121. The normalized spacial score (nSPS) is 12.8. The second-order valence-corrected chi connectivity index (χ2v) is 33.7. The van der Waals surface area contributed by atoms with Crippen LogP contribution in [0.1, 0.15) is 52.6 Å². The van der Waals surface area contributed by atoms with Crippen LogP contribution >= 0.6 is 15.9 Å². The Morgan fingerprint density at radius 3 is 1.15 bits per heavy atom. The summed E-state index contributed by atoms with van der Waals surface area (Å²) in [7, 11) is -3.96. The Morgan fingerprint density at radius 1 is 0.375 bits per heavy atom. The summed E-state index contributed by atoms with van der Waals surface area (Å²) in [5.74, 6) is 1.68. The van der Waals surface area contributed by atoms with Crippen LogP contribution in [-0.4, -0.2) is 131 Å². The van der Waals surface area contributed by atoms with Crippen LogP contribution in [0, 0.1) is 10.1 Å². The Kier molecular flexibility index (Phi) is 31.4. The molecule has 686 valence electrons. The number of non-ortho nitro benzene ring substituents is 1. The number of para-hydroxylation sites is 4. The molecule has 0 radical (unpaired) electrons. The van der Waals surface area contributed by atoms with E-state index in [-0.39, 0.29) is 72.2 Å². The number of nitro benzene ring substituents is 1. The van der Waals surface area contributed by atoms with E-state index in [1.165, 1.54) is 29.1 Å². The standard InChI is InChI=1S/C28H23NO3.C24H21NO4.C21H17NO3.C19H15NO.C9H9BrO2.C9H9NO6S/c30-28(22-12-5-2-6-13-22)31-19-18-29-24-15-8-7-14-23(24)27-25(29)16-9-17-26(27)32-20-21-10-3-1-4-11-21;26-24(17-7-2-1-3-8-17)27-14-13-25-20-10-5-4-9-19(20)23-21(25)11-6-12-22(23)29-16-18-15-28-18;23-19-12-6-11-18-20(19)16-9-4-5-10-17(16)22(18)13-14-25-21(24)15-7-2-1-3-8-15;1-2-7-14(8-3-1)13-21-18-12-6-11-17-19(18)15-9-4-5-10-16(15)20-17;10-6-7-12-9(11)8-4-2-1-3-5-8;11-10(12)7-2-1-3-9(4-7)17(13,14)16-6-8-5-15-8/h1-17H,18-20H2;1-12,18H,13-16H2;1-12,23H,13-14H2;1-12,20H,13H2;1-5H,6-7H2;1-4,8H,5-6H2. The van der Waals surface area contributed by atoms with Crippen molar-refractivity contribution >= 4 is 143 Å². The van der Waals surface area contributed by atoms with E-state index in [1.807, 2.05) is 212 Å². The van der Waals surface area contributed by atoms with Gasteiger partial charge in [-0.1, -0.05) is 253 Å². The molecular formula is C110H94BrN5O19S. The lowest BCUT2D eigenvalue weighted by molar-refractivity contribution is -0.385. The zero-order valence-electron chi connectivity index (χ0n) is 73.7. The number of nitrogens with zero attached hydrogens (tertiary/aromatic N) is 4. The fourth-order valence-corrected chi connectivity index (χ4v) is 16.7. The molecule has 21 rings (SSSR count). The number of epoxide rings is 2. The van der Waals surface area contributed by atoms with Crippen LogP contribution in [0.25, 0.3) is 87.2 Å². The minimum Gasteiger partial charge on any atom is -0.507 e. The molecule has 24 nitrogen and oxygen atoms in total. The van der Waals surface area contributed by atoms with Crippen molar-refractivity contribution in [3.63, 3.8) is 0 Å². The summed E-state index contributed by atoms with van der Waals surface area (Å²) >= 11 is 3.17. The number of rotatable bonds is 29. The molecule has 2 aliphatic heterocycles. The van der Waals surface area contributed by atoms with Crippen LogP contribution in [0.3, 0.4) is 0 Å². The third-order valence-electron chi connectivity index (χ3n) is 22.2. The van der Waals surface area contributed by atoms with E-state index in [4.69, 9.17) is 46.8 Å². The number of carbonyl (C=O) groups excluding carboxylic acids is 4. The highest BCUT2D eigenvalue weighted by atomic mass is 79.9. The quantitative estimate of drug-likeness (QED) is 0.00837. The summed E-state index contributed by atoms with van der Waals surface area (Å²) in [5.41, 5.74) is 12.8. The molecule has 2 N–H and O–H groups in total. The molecule has 136 heavy (non-hydrogen) atoms. The van der Waals surface area contributed by atoms with Gasteiger partial charge in [0.25, 0.3) is 15.8 Å². The Bertz CT molecular complexity index is 7450. The molecule has 2 unspecified atom stereocenters. The number of halogens is 1. The second kappa shape index (κ2) is 45.6. The van der Waals surface area contributed by atoms with Gasteiger partial charge in [-0.3, -0.25) is 14.3 Å². The third-order valence-corrected chi connectivity index (χ3v) is 23.8. The monoisotopic (exact) mass is 1900 g/mol. The summed E-state index contributed by atoms with van der Waals surface area (Å²) in [6.45, 7) is 5.74. The number of hydrogen-bond donors (Lipinski definition) is 2. The number of benzene rings is 15. The number of esters is 4. The fourth-order valence-electron chi connectivity index (χ4n) is 15.6. The first-order valence-corrected chi connectivity index (χ1v) is 46.6. The number of hydrogen-bond acceptors (Lipinski definition) is 19. The van der Waals surface area contributed by atoms with Crippen LogP contribution in [0.2, 0.25) is 0 Å². The van der Waals surface area contributed by atoms with Gasteiger partial charge in [0, 0.05) is 82.6 Å². The molecule has 4 aromatic heterocycles. The number of alkyl halides is 1. The zero-order valence-corrected chi connectivity index (χ0v) is 76.1. The van der Waals surface area contributed by atoms with Crippen molar-refractivity contribution in [1.82, 2.24) is 18.7 Å². The van der Waals surface area contributed by atoms with Crippen LogP contribution in [0.15, 0.2) is 381 Å². The highest BCUT2D eigenvalue weighted by Crippen LogP contribution is 2.40. The number of nitrogens with one attached hydrogen (secondary N) is 1. The summed E-state index contributed by atoms with van der Waals surface area (Å²) in [4.78, 5) is 60.9. The molecular weight excluding hydrogens is 1810 g/mol. The number of aromatic amines is 1. The van der Waals surface area contributed by atoms with Crippen LogP contribution in [-0.2, 0) is 75.6 Å². The molecule has 0 saturated carbocycles. The maximum atomic E-state index is 12.3. The topological polar surface area (TPSA) is 295 Å². The summed E-state index contributed by atoms with van der Waals surface area (Å²) in [6.07, 6.45) is 0.0134. The van der Waals surface area contributed by atoms with E-state index in [9.17, 15) is 42.8 Å². The summed E-state index contributed by atoms with van der Waals surface area (Å²) in [5, 5.41) is 30.0. The lowest BCUT2D eigenvalue weighted by atomic mass is 10.1. The van der Waals surface area contributed by atoms with Gasteiger partial charge in [-0.25, -0.2) is 19.2 Å². The number of phenols is 1. The van der Waals surface area contributed by atoms with Gasteiger partial charge in [-0.15, -0.1) is 0 Å². The molecule has 0 bridgehead atoms. The Hall–Kier alpha value is -15.7. The third kappa shape index (κ3) is 23.8. The van der Waals surface area contributed by atoms with Crippen molar-refractivity contribution in [3.05, 3.63) is 420 Å². The Morgan fingerprint density at radius 2 is 0.713 bits per heavy atom. The van der Waals surface area contributed by atoms with E-state index in [0.717, 1.165) is 117 Å². The molecule has 26 heteroatoms. The summed E-state index contributed by atoms with van der Waals surface area (Å²) in [6, 6.07) is 118. The van der Waals surface area contributed by atoms with Crippen molar-refractivity contribution in [3.8, 4) is 23.0 Å². The molecule has 2 saturated heterocycles. The van der Waals surface area contributed by atoms with Gasteiger partial charge >= 0.3 is 23.9 Å². The molecule has 2 aliphatic rings. The van der Waals surface area contributed by atoms with Crippen LogP contribution in [0.4, 0.5) is 5.69 Å². The van der Waals surface area contributed by atoms with Gasteiger partial charge in [0.1, 0.15) is 86.3 Å². The maximum absolute atomic E-state index is 12.3. The van der Waals surface area contributed by atoms with E-state index in [0.29, 0.717) is 86.9 Å². The molecule has 0 aliphatic carbocycles. The number of aromatic hydroxyl groups is 1. The van der Waals surface area contributed by atoms with Crippen molar-refractivity contribution in [2.75, 3.05) is 58.2 Å². The van der Waals surface area contributed by atoms with Crippen molar-refractivity contribution in [2.24, 2.45) is 0 Å². The predicted octanol–water partition coefficient (Wildman–Crippen LogP) is 22.9. The minimum atomic E-state index is -3.96. The molecule has 6 heterocycles. The van der Waals surface area contributed by atoms with E-state index < -0.39 is 15.0 Å². The van der Waals surface area contributed by atoms with Crippen molar-refractivity contribution in [2.45, 2.75) is 50.0 Å². The van der Waals surface area contributed by atoms with E-state index >= 15 is 0 Å². The largest absolute Gasteiger partial charge is 0.507 e. The Labute approximate surface area is 791 Å². The smallest absolute Gasteiger partial charge is 0.338 e. The maximum Gasteiger partial charge on any atom is 0.338 e. The molecule has 0 amide bonds. The number of nitro groups is 1. The first kappa shape index (κ1) is 93.5. The molecule has 19 aromatic rings. The average Bonchev–Trinajstić information content (AvgIpc) is 1.52. The number of fused-ring (bicyclic) bond motifs is 12. The molecule has 2 atom stereocenters. The van der Waals surface area contributed by atoms with Gasteiger partial charge in [0.15, 0.2) is 0 Å². The van der Waals surface area contributed by atoms with E-state index in [1.54, 1.807) is 54.6 Å². The van der Waals surface area contributed by atoms with Crippen molar-refractivity contribution in [1.29, 1.82) is 0 Å². The van der Waals surface area contributed by atoms with Gasteiger partial charge in [0.05, 0.1) is 88.7 Å². The number of H-pyrrole nitrogens is 1. The summed E-state index contributed by atoms with van der Waals surface area (Å²) < 4.78 is 84.2. The van der Waals surface area contributed by atoms with Crippen LogP contribution in [0.5, 0.6) is 23.0 Å². The predicted molar refractivity (Wildman–Crippen MR) is 529 cm³/mol. The minimum absolute atomic E-state index is 0.0645. The lowest BCUT2D eigenvalue weighted by Gasteiger charge is -2.10. The molecule has 15 aromatic carbocycles. The number of aromatic nitrogens is 4. The van der Waals surface area contributed by atoms with Crippen LogP contribution < -0.4 is 14.2 Å². The molecule has 2 fully saturated rings. The van der Waals surface area contributed by atoms with Gasteiger partial charge in [-0.2, -0.15) is 8.42 Å². The first-order chi connectivity index (χ1) is 66.6. The first-order valence-electron chi connectivity index (χ1n) is 44.1. The number of carbonyl (C=O) groups is 4.